The molecule has 0 radical (unpaired) electrons. The van der Waals surface area contributed by atoms with Gasteiger partial charge in [-0.1, -0.05) is 0 Å². The predicted octanol–water partition coefficient (Wildman–Crippen LogP) is -3.07. The molecule has 0 amide bonds. The molecule has 0 aromatic carbocycles. The topological polar surface area (TPSA) is 230 Å². The second-order valence-corrected chi connectivity index (χ2v) is 1.46. The Morgan fingerprint density at radius 3 is 1.00 bits per heavy atom. The van der Waals surface area contributed by atoms with Crippen molar-refractivity contribution >= 4 is 17.9 Å². The maximum Gasteiger partial charge on any atom is 0.0643 e. The first-order chi connectivity index (χ1) is 5.36. The number of carbonyl (C=O) groups is 3. The summed E-state index contributed by atoms with van der Waals surface area (Å²) in [5.41, 5.74) is 0. The van der Waals surface area contributed by atoms with Crippen molar-refractivity contribution < 1.29 is 29.7 Å². The Morgan fingerprint density at radius 2 is 0.933 bits per heavy atom. The van der Waals surface area contributed by atoms with E-state index in [2.05, 4.69) is 0 Å². The fourth-order valence-electron chi connectivity index (χ4n) is 0.136. The van der Waals surface area contributed by atoms with Gasteiger partial charge < -0.3 is 48.2 Å². The third kappa shape index (κ3) is 132. The summed E-state index contributed by atoms with van der Waals surface area (Å²) < 4.78 is 0. The van der Waals surface area contributed by atoms with Gasteiger partial charge in [0.05, 0.1) is 11.9 Å². The van der Waals surface area contributed by atoms with Crippen LogP contribution in [0, 0.1) is 0 Å². The molecule has 0 aliphatic rings. The molecule has 0 bridgehead atoms. The van der Waals surface area contributed by atoms with Crippen LogP contribution in [0.5, 0.6) is 0 Å². The maximum absolute atomic E-state index is 9.41. The molecule has 0 spiro atoms. The van der Waals surface area contributed by atoms with Crippen LogP contribution in [0.2, 0.25) is 0 Å². The molecule has 0 heterocycles. The average Bonchev–Trinajstić information content (AvgIpc) is 1.82. The molecule has 0 aliphatic carbocycles. The van der Waals surface area contributed by atoms with Gasteiger partial charge in [0.2, 0.25) is 0 Å². The van der Waals surface area contributed by atoms with Crippen LogP contribution in [0.3, 0.4) is 0 Å². The third-order valence-electron chi connectivity index (χ3n) is 0.355. The van der Waals surface area contributed by atoms with Gasteiger partial charge in [-0.05, 0) is 19.1 Å². The number of rotatable bonds is 2. The molecule has 92 valence electrons. The fraction of sp³-hybridized carbons (Fsp3) is 0.167. The molecule has 12 N–H and O–H groups in total. The summed E-state index contributed by atoms with van der Waals surface area (Å²) in [6, 6.07) is 0. The van der Waals surface area contributed by atoms with Crippen LogP contribution in [-0.4, -0.2) is 17.9 Å². The minimum Gasteiger partial charge on any atom is -0.550 e. The van der Waals surface area contributed by atoms with E-state index in [-0.39, 0.29) is 18.5 Å². The van der Waals surface area contributed by atoms with Crippen molar-refractivity contribution in [3.8, 4) is 0 Å². The summed E-state index contributed by atoms with van der Waals surface area (Å²) in [4.78, 5) is 27.7. The summed E-state index contributed by atoms with van der Waals surface area (Å²) in [5.74, 6) is -4.18. The largest absolute Gasteiger partial charge is 0.550 e. The van der Waals surface area contributed by atoms with E-state index >= 15 is 0 Å². The zero-order valence-corrected chi connectivity index (χ0v) is 9.10. The summed E-state index contributed by atoms with van der Waals surface area (Å²) >= 11 is 0. The fourth-order valence-corrected chi connectivity index (χ4v) is 0.136. The summed E-state index contributed by atoms with van der Waals surface area (Å²) in [5, 5.41) is 27.7. The Kier molecular flexibility index (Phi) is 35.0. The van der Waals surface area contributed by atoms with Gasteiger partial charge in [0, 0.05) is 5.97 Å². The second kappa shape index (κ2) is 17.9. The van der Waals surface area contributed by atoms with Gasteiger partial charge in [0.1, 0.15) is 0 Å². The van der Waals surface area contributed by atoms with Crippen molar-refractivity contribution in [2.45, 2.75) is 6.92 Å². The Bertz CT molecular complexity index is 195. The molecule has 15 heavy (non-hydrogen) atoms. The van der Waals surface area contributed by atoms with Crippen LogP contribution in [-0.2, 0) is 14.4 Å². The van der Waals surface area contributed by atoms with Crippen molar-refractivity contribution in [3.05, 3.63) is 12.2 Å². The lowest BCUT2D eigenvalue weighted by molar-refractivity contribution is -0.302. The van der Waals surface area contributed by atoms with Crippen molar-refractivity contribution in [2.24, 2.45) is 0 Å². The Hall–Kier alpha value is -1.97. The quantitative estimate of drug-likeness (QED) is 0.413. The molecule has 0 aliphatic heterocycles. The van der Waals surface area contributed by atoms with Gasteiger partial charge in [-0.25, -0.2) is 0 Å². The van der Waals surface area contributed by atoms with Crippen molar-refractivity contribution in [3.63, 3.8) is 0 Å². The lowest BCUT2D eigenvalue weighted by Gasteiger charge is -1.90. The SMILES string of the molecule is CC(=O)[O-].O=C([O-])/C=C\C(=O)[O-].[NH4+].[NH4+].[NH4+]. The normalized spacial score (nSPS) is 6.73. The maximum atomic E-state index is 9.41. The van der Waals surface area contributed by atoms with Gasteiger partial charge in [-0.3, -0.25) is 0 Å². The highest BCUT2D eigenvalue weighted by Gasteiger charge is 1.71. The minimum atomic E-state index is -1.55. The predicted molar refractivity (Wildman–Crippen MR) is 47.8 cm³/mol. The number of carbonyl (C=O) groups excluding carboxylic acids is 3. The van der Waals surface area contributed by atoms with Crippen LogP contribution in [0.4, 0.5) is 0 Å². The zero-order chi connectivity index (χ0) is 10.1. The van der Waals surface area contributed by atoms with E-state index < -0.39 is 17.9 Å². The van der Waals surface area contributed by atoms with Crippen molar-refractivity contribution in [1.29, 1.82) is 0 Å². The molecule has 0 rings (SSSR count). The Morgan fingerprint density at radius 1 is 0.800 bits per heavy atom. The highest BCUT2D eigenvalue weighted by molar-refractivity contribution is 5.87. The van der Waals surface area contributed by atoms with Crippen LogP contribution in [0.15, 0.2) is 12.2 Å². The van der Waals surface area contributed by atoms with E-state index in [4.69, 9.17) is 9.90 Å². The monoisotopic (exact) mass is 227 g/mol. The molecule has 0 fully saturated rings. The number of carboxylic acids is 3. The van der Waals surface area contributed by atoms with E-state index in [1.165, 1.54) is 0 Å². The molecule has 0 unspecified atom stereocenters. The first-order valence-electron chi connectivity index (χ1n) is 2.64. The molecule has 0 aromatic heterocycles. The second-order valence-electron chi connectivity index (χ2n) is 1.46. The van der Waals surface area contributed by atoms with Gasteiger partial charge >= 0.3 is 0 Å². The first kappa shape index (κ1) is 29.2. The number of hydrogen-bond acceptors (Lipinski definition) is 6. The highest BCUT2D eigenvalue weighted by atomic mass is 16.4. The van der Waals surface area contributed by atoms with Gasteiger partial charge in [0.25, 0.3) is 0 Å². The average molecular weight is 227 g/mol. The van der Waals surface area contributed by atoms with Crippen LogP contribution in [0.1, 0.15) is 6.92 Å². The van der Waals surface area contributed by atoms with Crippen molar-refractivity contribution in [2.75, 3.05) is 0 Å². The number of quaternary nitrogens is 3. The summed E-state index contributed by atoms with van der Waals surface area (Å²) in [7, 11) is 0. The van der Waals surface area contributed by atoms with Crippen LogP contribution in [0.25, 0.3) is 0 Å². The zero-order valence-electron chi connectivity index (χ0n) is 9.10. The first-order valence-corrected chi connectivity index (χ1v) is 2.64. The molecule has 0 atom stereocenters. The van der Waals surface area contributed by atoms with Gasteiger partial charge in [0.15, 0.2) is 0 Å². The molecule has 9 heteroatoms. The number of hydrogen-bond donors (Lipinski definition) is 3. The van der Waals surface area contributed by atoms with E-state index in [1.54, 1.807) is 0 Å². The van der Waals surface area contributed by atoms with E-state index in [1.807, 2.05) is 0 Å². The summed E-state index contributed by atoms with van der Waals surface area (Å²) in [6.07, 6.45) is 0.769. The number of aliphatic carboxylic acids is 3. The van der Waals surface area contributed by atoms with Crippen LogP contribution >= 0.6 is 0 Å². The van der Waals surface area contributed by atoms with Crippen LogP contribution < -0.4 is 33.8 Å². The Labute approximate surface area is 86.2 Å². The van der Waals surface area contributed by atoms with E-state index in [0.29, 0.717) is 12.2 Å². The molecule has 0 saturated heterocycles. The van der Waals surface area contributed by atoms with Crippen molar-refractivity contribution in [1.82, 2.24) is 18.5 Å². The third-order valence-corrected chi connectivity index (χ3v) is 0.355. The number of carboxylic acid groups (broad SMARTS) is 3. The molecular weight excluding hydrogens is 210 g/mol. The van der Waals surface area contributed by atoms with Gasteiger partial charge in [-0.15, -0.1) is 0 Å². The van der Waals surface area contributed by atoms with E-state index in [9.17, 15) is 19.8 Å². The minimum absolute atomic E-state index is 0. The van der Waals surface area contributed by atoms with E-state index in [0.717, 1.165) is 6.92 Å². The lowest BCUT2D eigenvalue weighted by Crippen LogP contribution is -2.23. The Balaban J connectivity index is -0.0000000424. The highest BCUT2D eigenvalue weighted by Crippen LogP contribution is 1.64. The summed E-state index contributed by atoms with van der Waals surface area (Å²) in [6.45, 7) is 0.972. The smallest absolute Gasteiger partial charge is 0.0643 e. The molecule has 0 saturated carbocycles. The molecule has 0 aromatic rings. The molecular formula is C6H17N3O6. The van der Waals surface area contributed by atoms with Gasteiger partial charge in [-0.2, -0.15) is 0 Å². The lowest BCUT2D eigenvalue weighted by atomic mass is 10.5. The molecule has 9 nitrogen and oxygen atoms in total. The standard InChI is InChI=1S/C4H4O4.C2H4O2.3H3N/c5-3(6)1-2-4(7)8;1-2(3)4;;;/h1-2H,(H,5,6)(H,7,8);1H3,(H,3,4);3*1H3/b2-1-;;;;.